The van der Waals surface area contributed by atoms with Gasteiger partial charge in [0.2, 0.25) is 0 Å². The standard InChI is InChI=1S/C15H23N3O/c1-3-15(8-4-5-9-15)11-18-14(19)12-7-6-10-17-13(12)16-2/h6-7,10H,3-5,8-9,11H2,1-2H3,(H,16,17)(H,18,19). The first-order valence-corrected chi connectivity index (χ1v) is 7.12. The van der Waals surface area contributed by atoms with Crippen LogP contribution < -0.4 is 10.6 Å². The molecule has 1 fully saturated rings. The van der Waals surface area contributed by atoms with Crippen LogP contribution in [-0.2, 0) is 0 Å². The van der Waals surface area contributed by atoms with E-state index in [1.165, 1.54) is 25.7 Å². The van der Waals surface area contributed by atoms with Gasteiger partial charge in [-0.05, 0) is 36.8 Å². The monoisotopic (exact) mass is 261 g/mol. The fraction of sp³-hybridized carbons (Fsp3) is 0.600. The van der Waals surface area contributed by atoms with Crippen molar-refractivity contribution in [2.24, 2.45) is 5.41 Å². The van der Waals surface area contributed by atoms with Crippen molar-refractivity contribution < 1.29 is 4.79 Å². The Bertz CT molecular complexity index is 439. The summed E-state index contributed by atoms with van der Waals surface area (Å²) in [5.41, 5.74) is 0.937. The van der Waals surface area contributed by atoms with E-state index in [0.717, 1.165) is 13.0 Å². The van der Waals surface area contributed by atoms with Crippen molar-refractivity contribution in [1.82, 2.24) is 10.3 Å². The minimum atomic E-state index is -0.0304. The maximum Gasteiger partial charge on any atom is 0.255 e. The first-order valence-electron chi connectivity index (χ1n) is 7.12. The quantitative estimate of drug-likeness (QED) is 0.857. The van der Waals surface area contributed by atoms with Crippen molar-refractivity contribution in [1.29, 1.82) is 0 Å². The fourth-order valence-electron chi connectivity index (χ4n) is 2.93. The van der Waals surface area contributed by atoms with Crippen molar-refractivity contribution in [3.05, 3.63) is 23.9 Å². The zero-order chi connectivity index (χ0) is 13.7. The normalized spacial score (nSPS) is 17.2. The van der Waals surface area contributed by atoms with Crippen molar-refractivity contribution in [2.45, 2.75) is 39.0 Å². The van der Waals surface area contributed by atoms with Crippen molar-refractivity contribution in [3.8, 4) is 0 Å². The van der Waals surface area contributed by atoms with Crippen LogP contribution in [0.5, 0.6) is 0 Å². The van der Waals surface area contributed by atoms with Gasteiger partial charge in [-0.3, -0.25) is 4.79 Å². The number of nitrogens with zero attached hydrogens (tertiary/aromatic N) is 1. The number of pyridine rings is 1. The van der Waals surface area contributed by atoms with Crippen LogP contribution in [0, 0.1) is 5.41 Å². The van der Waals surface area contributed by atoms with Crippen LogP contribution in [0.15, 0.2) is 18.3 Å². The Morgan fingerprint density at radius 3 is 2.79 bits per heavy atom. The van der Waals surface area contributed by atoms with Gasteiger partial charge in [-0.1, -0.05) is 19.8 Å². The molecular weight excluding hydrogens is 238 g/mol. The first-order chi connectivity index (χ1) is 9.21. The van der Waals surface area contributed by atoms with Gasteiger partial charge >= 0.3 is 0 Å². The van der Waals surface area contributed by atoms with Crippen LogP contribution in [0.25, 0.3) is 0 Å². The van der Waals surface area contributed by atoms with Crippen LogP contribution in [0.2, 0.25) is 0 Å². The molecule has 0 aromatic carbocycles. The Hall–Kier alpha value is -1.58. The van der Waals surface area contributed by atoms with E-state index in [1.54, 1.807) is 25.4 Å². The predicted octanol–water partition coefficient (Wildman–Crippen LogP) is 2.82. The highest BCUT2D eigenvalue weighted by atomic mass is 16.1. The number of anilines is 1. The third-order valence-corrected chi connectivity index (χ3v) is 4.33. The van der Waals surface area contributed by atoms with E-state index >= 15 is 0 Å². The van der Waals surface area contributed by atoms with E-state index in [9.17, 15) is 4.79 Å². The molecule has 0 radical (unpaired) electrons. The van der Waals surface area contributed by atoms with E-state index in [2.05, 4.69) is 22.5 Å². The number of hydrogen-bond donors (Lipinski definition) is 2. The summed E-state index contributed by atoms with van der Waals surface area (Å²) in [5, 5.41) is 6.04. The van der Waals surface area contributed by atoms with E-state index in [1.807, 2.05) is 0 Å². The molecular formula is C15H23N3O. The molecule has 2 N–H and O–H groups in total. The highest BCUT2D eigenvalue weighted by Crippen LogP contribution is 2.40. The van der Waals surface area contributed by atoms with Crippen molar-refractivity contribution in [3.63, 3.8) is 0 Å². The van der Waals surface area contributed by atoms with E-state index < -0.39 is 0 Å². The molecule has 0 spiro atoms. The Morgan fingerprint density at radius 1 is 1.42 bits per heavy atom. The SMILES string of the molecule is CCC1(CNC(=O)c2cccnc2NC)CCCC1. The Balaban J connectivity index is 2.01. The number of hydrogen-bond acceptors (Lipinski definition) is 3. The van der Waals surface area contributed by atoms with Gasteiger partial charge in [0.05, 0.1) is 5.56 Å². The molecule has 0 unspecified atom stereocenters. The summed E-state index contributed by atoms with van der Waals surface area (Å²) in [7, 11) is 1.78. The van der Waals surface area contributed by atoms with E-state index in [-0.39, 0.29) is 5.91 Å². The molecule has 4 heteroatoms. The predicted molar refractivity (Wildman–Crippen MR) is 77.3 cm³/mol. The Labute approximate surface area is 115 Å². The summed E-state index contributed by atoms with van der Waals surface area (Å²) < 4.78 is 0. The summed E-state index contributed by atoms with van der Waals surface area (Å²) in [6, 6.07) is 3.60. The lowest BCUT2D eigenvalue weighted by molar-refractivity contribution is 0.0929. The van der Waals surface area contributed by atoms with Crippen molar-refractivity contribution in [2.75, 3.05) is 18.9 Å². The summed E-state index contributed by atoms with van der Waals surface area (Å²) >= 11 is 0. The average molecular weight is 261 g/mol. The zero-order valence-corrected chi connectivity index (χ0v) is 11.8. The van der Waals surface area contributed by atoms with Crippen molar-refractivity contribution >= 4 is 11.7 Å². The number of amides is 1. The minimum absolute atomic E-state index is 0.0304. The maximum absolute atomic E-state index is 12.2. The number of carbonyl (C=O) groups excluding carboxylic acids is 1. The summed E-state index contributed by atoms with van der Waals surface area (Å²) in [4.78, 5) is 16.4. The Morgan fingerprint density at radius 2 is 2.16 bits per heavy atom. The zero-order valence-electron chi connectivity index (χ0n) is 11.8. The molecule has 104 valence electrons. The summed E-state index contributed by atoms with van der Waals surface area (Å²) in [6.45, 7) is 3.00. The number of carbonyl (C=O) groups is 1. The first kappa shape index (κ1) is 13.8. The highest BCUT2D eigenvalue weighted by Gasteiger charge is 2.32. The lowest BCUT2D eigenvalue weighted by Gasteiger charge is -2.27. The number of nitrogens with one attached hydrogen (secondary N) is 2. The van der Waals surface area contributed by atoms with E-state index in [0.29, 0.717) is 16.8 Å². The molecule has 2 rings (SSSR count). The molecule has 1 aliphatic carbocycles. The smallest absolute Gasteiger partial charge is 0.255 e. The molecule has 0 atom stereocenters. The molecule has 1 saturated carbocycles. The molecule has 0 saturated heterocycles. The van der Waals surface area contributed by atoms with Crippen LogP contribution >= 0.6 is 0 Å². The van der Waals surface area contributed by atoms with Gasteiger partial charge in [-0.25, -0.2) is 4.98 Å². The fourth-order valence-corrected chi connectivity index (χ4v) is 2.93. The second-order valence-electron chi connectivity index (χ2n) is 5.39. The molecule has 0 bridgehead atoms. The minimum Gasteiger partial charge on any atom is -0.372 e. The van der Waals surface area contributed by atoms with Crippen LogP contribution in [0.3, 0.4) is 0 Å². The van der Waals surface area contributed by atoms with Crippen LogP contribution in [0.1, 0.15) is 49.4 Å². The summed E-state index contributed by atoms with van der Waals surface area (Å²) in [6.07, 6.45) is 7.87. The van der Waals surface area contributed by atoms with Gasteiger partial charge < -0.3 is 10.6 Å². The van der Waals surface area contributed by atoms with Crippen LogP contribution in [-0.4, -0.2) is 24.5 Å². The molecule has 4 nitrogen and oxygen atoms in total. The molecule has 1 aromatic heterocycles. The third-order valence-electron chi connectivity index (χ3n) is 4.33. The Kier molecular flexibility index (Phi) is 4.40. The summed E-state index contributed by atoms with van der Waals surface area (Å²) in [5.74, 6) is 0.606. The second-order valence-corrected chi connectivity index (χ2v) is 5.39. The van der Waals surface area contributed by atoms with Gasteiger partial charge in [0.15, 0.2) is 0 Å². The van der Waals surface area contributed by atoms with Gasteiger partial charge in [0, 0.05) is 19.8 Å². The van der Waals surface area contributed by atoms with E-state index in [4.69, 9.17) is 0 Å². The molecule has 0 aliphatic heterocycles. The van der Waals surface area contributed by atoms with Gasteiger partial charge in [0.25, 0.3) is 5.91 Å². The third kappa shape index (κ3) is 3.06. The second kappa shape index (κ2) is 6.04. The molecule has 1 aliphatic rings. The highest BCUT2D eigenvalue weighted by molar-refractivity contribution is 5.98. The van der Waals surface area contributed by atoms with Crippen LogP contribution in [0.4, 0.5) is 5.82 Å². The number of rotatable bonds is 5. The lowest BCUT2D eigenvalue weighted by atomic mass is 9.83. The van der Waals surface area contributed by atoms with Gasteiger partial charge in [-0.15, -0.1) is 0 Å². The number of aromatic nitrogens is 1. The molecule has 19 heavy (non-hydrogen) atoms. The maximum atomic E-state index is 12.2. The lowest BCUT2D eigenvalue weighted by Crippen LogP contribution is -2.35. The average Bonchev–Trinajstić information content (AvgIpc) is 2.94. The topological polar surface area (TPSA) is 54.0 Å². The largest absolute Gasteiger partial charge is 0.372 e. The van der Waals surface area contributed by atoms with Gasteiger partial charge in [0.1, 0.15) is 5.82 Å². The molecule has 1 amide bonds. The molecule has 1 aromatic rings. The van der Waals surface area contributed by atoms with Gasteiger partial charge in [-0.2, -0.15) is 0 Å². The molecule has 1 heterocycles.